The van der Waals surface area contributed by atoms with Gasteiger partial charge in [0.2, 0.25) is 0 Å². The molecule has 0 spiro atoms. The molecule has 0 radical (unpaired) electrons. The van der Waals surface area contributed by atoms with E-state index >= 15 is 0 Å². The molecule has 1 unspecified atom stereocenters. The van der Waals surface area contributed by atoms with Crippen LogP contribution in [0.5, 0.6) is 11.5 Å². The normalized spacial score (nSPS) is 11.7. The molecule has 2 rings (SSSR count). The average Bonchev–Trinajstić information content (AvgIpc) is 2.59. The Kier molecular flexibility index (Phi) is 5.63. The summed E-state index contributed by atoms with van der Waals surface area (Å²) in [6, 6.07) is 13.4. The van der Waals surface area contributed by atoms with Gasteiger partial charge in [-0.05, 0) is 31.0 Å². The number of hydrogen-bond donors (Lipinski definition) is 1. The number of nitrogens with one attached hydrogen (secondary N) is 1. The third-order valence-electron chi connectivity index (χ3n) is 3.84. The lowest BCUT2D eigenvalue weighted by molar-refractivity contribution is 0.0932. The Morgan fingerprint density at radius 1 is 1.09 bits per heavy atom. The van der Waals surface area contributed by atoms with Crippen LogP contribution in [0.25, 0.3) is 0 Å². The van der Waals surface area contributed by atoms with Gasteiger partial charge in [0.05, 0.1) is 25.8 Å². The van der Waals surface area contributed by atoms with Crippen LogP contribution in [0.3, 0.4) is 0 Å². The number of rotatable bonds is 6. The van der Waals surface area contributed by atoms with Gasteiger partial charge in [-0.1, -0.05) is 42.8 Å². The van der Waals surface area contributed by atoms with Crippen LogP contribution in [0.1, 0.15) is 40.9 Å². The van der Waals surface area contributed by atoms with Crippen molar-refractivity contribution < 1.29 is 14.3 Å². The van der Waals surface area contributed by atoms with E-state index in [2.05, 4.69) is 17.4 Å². The SMILES string of the molecule is CCC(NC(=O)c1cccc(OC)c1OC)c1ccc(C)cc1. The predicted octanol–water partition coefficient (Wildman–Crippen LogP) is 3.89. The molecule has 4 heteroatoms. The highest BCUT2D eigenvalue weighted by atomic mass is 16.5. The summed E-state index contributed by atoms with van der Waals surface area (Å²) in [4.78, 5) is 12.7. The van der Waals surface area contributed by atoms with Crippen molar-refractivity contribution in [3.63, 3.8) is 0 Å². The van der Waals surface area contributed by atoms with Crippen LogP contribution < -0.4 is 14.8 Å². The Bertz CT molecular complexity index is 665. The number of para-hydroxylation sites is 1. The first kappa shape index (κ1) is 16.9. The molecule has 0 saturated heterocycles. The molecule has 0 heterocycles. The van der Waals surface area contributed by atoms with Gasteiger partial charge >= 0.3 is 0 Å². The monoisotopic (exact) mass is 313 g/mol. The fourth-order valence-corrected chi connectivity index (χ4v) is 2.52. The second kappa shape index (κ2) is 7.68. The van der Waals surface area contributed by atoms with Gasteiger partial charge in [0, 0.05) is 0 Å². The molecule has 23 heavy (non-hydrogen) atoms. The largest absolute Gasteiger partial charge is 0.493 e. The summed E-state index contributed by atoms with van der Waals surface area (Å²) in [5.41, 5.74) is 2.76. The average molecular weight is 313 g/mol. The molecule has 0 aliphatic rings. The van der Waals surface area contributed by atoms with E-state index in [-0.39, 0.29) is 11.9 Å². The summed E-state index contributed by atoms with van der Waals surface area (Å²) in [7, 11) is 3.09. The van der Waals surface area contributed by atoms with Gasteiger partial charge in [-0.2, -0.15) is 0 Å². The summed E-state index contributed by atoms with van der Waals surface area (Å²) in [6.45, 7) is 4.10. The maximum absolute atomic E-state index is 12.7. The molecule has 1 atom stereocenters. The van der Waals surface area contributed by atoms with Crippen molar-refractivity contribution in [3.8, 4) is 11.5 Å². The van der Waals surface area contributed by atoms with Crippen molar-refractivity contribution in [2.75, 3.05) is 14.2 Å². The van der Waals surface area contributed by atoms with Crippen molar-refractivity contribution in [2.24, 2.45) is 0 Å². The van der Waals surface area contributed by atoms with Crippen LogP contribution >= 0.6 is 0 Å². The molecule has 122 valence electrons. The van der Waals surface area contributed by atoms with E-state index in [1.54, 1.807) is 25.3 Å². The second-order valence-electron chi connectivity index (χ2n) is 5.39. The van der Waals surface area contributed by atoms with E-state index in [0.29, 0.717) is 17.1 Å². The molecule has 1 amide bonds. The van der Waals surface area contributed by atoms with Crippen molar-refractivity contribution in [2.45, 2.75) is 26.3 Å². The van der Waals surface area contributed by atoms with Crippen LogP contribution in [0, 0.1) is 6.92 Å². The smallest absolute Gasteiger partial charge is 0.255 e. The summed E-state index contributed by atoms with van der Waals surface area (Å²) < 4.78 is 10.6. The predicted molar refractivity (Wildman–Crippen MR) is 91.2 cm³/mol. The number of ether oxygens (including phenoxy) is 2. The molecule has 2 aromatic rings. The minimum Gasteiger partial charge on any atom is -0.493 e. The highest BCUT2D eigenvalue weighted by molar-refractivity contribution is 5.98. The number of carbonyl (C=O) groups is 1. The van der Waals surface area contributed by atoms with Gasteiger partial charge in [0.1, 0.15) is 0 Å². The molecule has 0 aliphatic heterocycles. The molecule has 0 aromatic heterocycles. The maximum atomic E-state index is 12.7. The molecule has 2 aromatic carbocycles. The molecule has 1 N–H and O–H groups in total. The minimum absolute atomic E-state index is 0.0426. The summed E-state index contributed by atoms with van der Waals surface area (Å²) in [6.07, 6.45) is 0.807. The first-order valence-electron chi connectivity index (χ1n) is 7.69. The van der Waals surface area contributed by atoms with Gasteiger partial charge in [-0.25, -0.2) is 0 Å². The van der Waals surface area contributed by atoms with Gasteiger partial charge < -0.3 is 14.8 Å². The lowest BCUT2D eigenvalue weighted by Crippen LogP contribution is -2.28. The molecule has 0 fully saturated rings. The van der Waals surface area contributed by atoms with E-state index in [4.69, 9.17) is 9.47 Å². The molecular weight excluding hydrogens is 290 g/mol. The Hall–Kier alpha value is -2.49. The lowest BCUT2D eigenvalue weighted by Gasteiger charge is -2.19. The number of amides is 1. The standard InChI is InChI=1S/C19H23NO3/c1-5-16(14-11-9-13(2)10-12-14)20-19(21)15-7-6-8-17(22-3)18(15)23-4/h6-12,16H,5H2,1-4H3,(H,20,21). The second-order valence-corrected chi connectivity index (χ2v) is 5.39. The minimum atomic E-state index is -0.173. The van der Waals surface area contributed by atoms with Crippen LogP contribution in [0.15, 0.2) is 42.5 Å². The third-order valence-corrected chi connectivity index (χ3v) is 3.84. The van der Waals surface area contributed by atoms with Crippen molar-refractivity contribution >= 4 is 5.91 Å². The quantitative estimate of drug-likeness (QED) is 0.880. The topological polar surface area (TPSA) is 47.6 Å². The number of hydrogen-bond acceptors (Lipinski definition) is 3. The Balaban J connectivity index is 2.25. The van der Waals surface area contributed by atoms with Gasteiger partial charge in [0.15, 0.2) is 11.5 Å². The van der Waals surface area contributed by atoms with Crippen molar-refractivity contribution in [3.05, 3.63) is 59.2 Å². The van der Waals surface area contributed by atoms with Crippen LogP contribution in [0.2, 0.25) is 0 Å². The highest BCUT2D eigenvalue weighted by Gasteiger charge is 2.19. The maximum Gasteiger partial charge on any atom is 0.255 e. The summed E-state index contributed by atoms with van der Waals surface area (Å²) >= 11 is 0. The van der Waals surface area contributed by atoms with Crippen molar-refractivity contribution in [1.82, 2.24) is 5.32 Å². The number of methoxy groups -OCH3 is 2. The number of carbonyl (C=O) groups excluding carboxylic acids is 1. The Morgan fingerprint density at radius 3 is 2.35 bits per heavy atom. The fourth-order valence-electron chi connectivity index (χ4n) is 2.52. The Morgan fingerprint density at radius 2 is 1.78 bits per heavy atom. The zero-order valence-corrected chi connectivity index (χ0v) is 14.1. The van der Waals surface area contributed by atoms with E-state index < -0.39 is 0 Å². The van der Waals surface area contributed by atoms with E-state index in [1.165, 1.54) is 12.7 Å². The first-order chi connectivity index (χ1) is 11.1. The molecular formula is C19H23NO3. The van der Waals surface area contributed by atoms with Gasteiger partial charge in [-0.3, -0.25) is 4.79 Å². The van der Waals surface area contributed by atoms with Crippen molar-refractivity contribution in [1.29, 1.82) is 0 Å². The van der Waals surface area contributed by atoms with Crippen LogP contribution in [0.4, 0.5) is 0 Å². The highest BCUT2D eigenvalue weighted by Crippen LogP contribution is 2.31. The fraction of sp³-hybridized carbons (Fsp3) is 0.316. The summed E-state index contributed by atoms with van der Waals surface area (Å²) in [5.74, 6) is 0.822. The zero-order valence-electron chi connectivity index (χ0n) is 14.1. The van der Waals surface area contributed by atoms with Crippen LogP contribution in [-0.4, -0.2) is 20.1 Å². The molecule has 0 saturated carbocycles. The van der Waals surface area contributed by atoms with E-state index in [1.807, 2.05) is 26.0 Å². The van der Waals surface area contributed by atoms with E-state index in [9.17, 15) is 4.79 Å². The summed E-state index contributed by atoms with van der Waals surface area (Å²) in [5, 5.41) is 3.07. The van der Waals surface area contributed by atoms with Gasteiger partial charge in [0.25, 0.3) is 5.91 Å². The zero-order chi connectivity index (χ0) is 16.8. The molecule has 4 nitrogen and oxygen atoms in total. The van der Waals surface area contributed by atoms with Crippen LogP contribution in [-0.2, 0) is 0 Å². The molecule has 0 bridgehead atoms. The first-order valence-corrected chi connectivity index (χ1v) is 7.69. The van der Waals surface area contributed by atoms with E-state index in [0.717, 1.165) is 12.0 Å². The lowest BCUT2D eigenvalue weighted by atomic mass is 10.0. The number of aryl methyl sites for hydroxylation is 1. The number of benzene rings is 2. The molecule has 0 aliphatic carbocycles. The Labute approximate surface area is 137 Å². The third kappa shape index (κ3) is 3.83. The van der Waals surface area contributed by atoms with Gasteiger partial charge in [-0.15, -0.1) is 0 Å².